The Labute approximate surface area is 109 Å². The molecule has 0 atom stereocenters. The van der Waals surface area contributed by atoms with Crippen LogP contribution in [0.4, 0.5) is 0 Å². The van der Waals surface area contributed by atoms with E-state index >= 15 is 0 Å². The molecule has 96 valence electrons. The topological polar surface area (TPSA) is 87.7 Å². The fraction of sp³-hybridized carbons (Fsp3) is 0.200. The summed E-state index contributed by atoms with van der Waals surface area (Å²) < 4.78 is 26.2. The molecule has 8 heteroatoms. The van der Waals surface area contributed by atoms with Crippen LogP contribution < -0.4 is 4.72 Å². The molecule has 0 amide bonds. The number of sulfonamides is 1. The molecule has 0 bridgehead atoms. The lowest BCUT2D eigenvalue weighted by atomic mass is 10.4. The summed E-state index contributed by atoms with van der Waals surface area (Å²) in [6.45, 7) is 0.262. The Hall–Kier alpha value is -1.44. The van der Waals surface area contributed by atoms with Gasteiger partial charge in [-0.2, -0.15) is 0 Å². The maximum Gasteiger partial charge on any atom is 0.242 e. The Balaban J connectivity index is 1.97. The number of imidazole rings is 1. The van der Waals surface area contributed by atoms with Crippen molar-refractivity contribution >= 4 is 21.6 Å². The summed E-state index contributed by atoms with van der Waals surface area (Å²) in [5.74, 6) is 0.729. The summed E-state index contributed by atoms with van der Waals surface area (Å²) in [5, 5.41) is 0.254. The molecule has 0 aliphatic rings. The van der Waals surface area contributed by atoms with Crippen LogP contribution in [0.1, 0.15) is 5.82 Å². The van der Waals surface area contributed by atoms with Gasteiger partial charge in [0, 0.05) is 31.6 Å². The SMILES string of the molecule is O=S(=O)(NCCc1ncc[nH]1)c1ccc(Cl)nc1. The first-order chi connectivity index (χ1) is 8.58. The van der Waals surface area contributed by atoms with Crippen molar-refractivity contribution in [2.45, 2.75) is 11.3 Å². The van der Waals surface area contributed by atoms with Gasteiger partial charge in [-0.1, -0.05) is 11.6 Å². The highest BCUT2D eigenvalue weighted by Crippen LogP contribution is 2.10. The third-order valence-electron chi connectivity index (χ3n) is 2.22. The summed E-state index contributed by atoms with van der Waals surface area (Å²) in [6.07, 6.45) is 5.02. The number of hydrogen-bond acceptors (Lipinski definition) is 4. The van der Waals surface area contributed by atoms with Gasteiger partial charge in [0.1, 0.15) is 15.9 Å². The summed E-state index contributed by atoms with van der Waals surface area (Å²) in [4.78, 5) is 10.7. The van der Waals surface area contributed by atoms with Gasteiger partial charge in [0.2, 0.25) is 10.0 Å². The van der Waals surface area contributed by atoms with Crippen LogP contribution in [-0.2, 0) is 16.4 Å². The fourth-order valence-electron chi connectivity index (χ4n) is 1.34. The van der Waals surface area contributed by atoms with E-state index in [9.17, 15) is 8.42 Å². The van der Waals surface area contributed by atoms with Gasteiger partial charge < -0.3 is 4.98 Å². The highest BCUT2D eigenvalue weighted by atomic mass is 35.5. The molecule has 0 saturated heterocycles. The molecule has 18 heavy (non-hydrogen) atoms. The Morgan fingerprint density at radius 3 is 2.78 bits per heavy atom. The smallest absolute Gasteiger partial charge is 0.242 e. The molecule has 2 N–H and O–H groups in total. The van der Waals surface area contributed by atoms with E-state index in [1.807, 2.05) is 0 Å². The maximum absolute atomic E-state index is 11.8. The number of hydrogen-bond donors (Lipinski definition) is 2. The monoisotopic (exact) mass is 286 g/mol. The predicted octanol–water partition coefficient (Wildman–Crippen LogP) is 0.979. The number of rotatable bonds is 5. The van der Waals surface area contributed by atoms with Crippen molar-refractivity contribution < 1.29 is 8.42 Å². The molecule has 0 aliphatic carbocycles. The first kappa shape index (κ1) is 13.0. The van der Waals surface area contributed by atoms with E-state index in [2.05, 4.69) is 19.7 Å². The number of nitrogens with one attached hydrogen (secondary N) is 2. The molecule has 0 radical (unpaired) electrons. The van der Waals surface area contributed by atoms with Gasteiger partial charge in [-0.05, 0) is 12.1 Å². The fourth-order valence-corrected chi connectivity index (χ4v) is 2.43. The minimum atomic E-state index is -3.54. The van der Waals surface area contributed by atoms with Crippen molar-refractivity contribution in [1.29, 1.82) is 0 Å². The van der Waals surface area contributed by atoms with Crippen molar-refractivity contribution in [1.82, 2.24) is 19.7 Å². The molecule has 2 aromatic heterocycles. The Kier molecular flexibility index (Phi) is 3.95. The van der Waals surface area contributed by atoms with Crippen molar-refractivity contribution in [3.63, 3.8) is 0 Å². The summed E-state index contributed by atoms with van der Waals surface area (Å²) in [6, 6.07) is 2.84. The Morgan fingerprint density at radius 2 is 2.17 bits per heavy atom. The average molecular weight is 287 g/mol. The van der Waals surface area contributed by atoms with E-state index in [0.29, 0.717) is 6.42 Å². The maximum atomic E-state index is 11.8. The molecule has 2 aromatic rings. The van der Waals surface area contributed by atoms with E-state index < -0.39 is 10.0 Å². The molecule has 2 rings (SSSR count). The number of aromatic nitrogens is 3. The van der Waals surface area contributed by atoms with E-state index in [0.717, 1.165) is 5.82 Å². The second kappa shape index (κ2) is 5.47. The van der Waals surface area contributed by atoms with E-state index in [4.69, 9.17) is 11.6 Å². The van der Waals surface area contributed by atoms with Crippen molar-refractivity contribution in [2.24, 2.45) is 0 Å². The van der Waals surface area contributed by atoms with Crippen LogP contribution in [0.2, 0.25) is 5.15 Å². The zero-order chi connectivity index (χ0) is 13.0. The number of nitrogens with zero attached hydrogens (tertiary/aromatic N) is 2. The zero-order valence-corrected chi connectivity index (χ0v) is 10.9. The van der Waals surface area contributed by atoms with Crippen LogP contribution in [0.3, 0.4) is 0 Å². The van der Waals surface area contributed by atoms with Crippen LogP contribution in [0, 0.1) is 0 Å². The van der Waals surface area contributed by atoms with Crippen molar-refractivity contribution in [2.75, 3.05) is 6.54 Å². The van der Waals surface area contributed by atoms with Gasteiger partial charge in [0.25, 0.3) is 0 Å². The first-order valence-corrected chi connectivity index (χ1v) is 7.03. The summed E-state index contributed by atoms with van der Waals surface area (Å²) in [7, 11) is -3.54. The molecular weight excluding hydrogens is 276 g/mol. The zero-order valence-electron chi connectivity index (χ0n) is 9.30. The normalized spacial score (nSPS) is 11.6. The molecule has 0 fully saturated rings. The second-order valence-corrected chi connectivity index (χ2v) is 5.65. The van der Waals surface area contributed by atoms with Crippen LogP contribution in [0.15, 0.2) is 35.6 Å². The quantitative estimate of drug-likeness (QED) is 0.802. The number of aromatic amines is 1. The lowest BCUT2D eigenvalue weighted by Crippen LogP contribution is -2.26. The average Bonchev–Trinajstić information content (AvgIpc) is 2.82. The highest BCUT2D eigenvalue weighted by molar-refractivity contribution is 7.89. The lowest BCUT2D eigenvalue weighted by Gasteiger charge is -2.05. The number of pyridine rings is 1. The van der Waals surface area contributed by atoms with Crippen LogP contribution in [-0.4, -0.2) is 29.9 Å². The molecule has 6 nitrogen and oxygen atoms in total. The largest absolute Gasteiger partial charge is 0.349 e. The minimum Gasteiger partial charge on any atom is -0.349 e. The number of halogens is 1. The number of H-pyrrole nitrogens is 1. The summed E-state index contributed by atoms with van der Waals surface area (Å²) in [5.41, 5.74) is 0. The third kappa shape index (κ3) is 3.28. The molecule has 0 saturated carbocycles. The van der Waals surface area contributed by atoms with E-state index in [1.165, 1.54) is 18.3 Å². The van der Waals surface area contributed by atoms with Gasteiger partial charge in [-0.15, -0.1) is 0 Å². The van der Waals surface area contributed by atoms with Crippen LogP contribution in [0.25, 0.3) is 0 Å². The van der Waals surface area contributed by atoms with Crippen LogP contribution in [0.5, 0.6) is 0 Å². The Morgan fingerprint density at radius 1 is 1.33 bits per heavy atom. The predicted molar refractivity (Wildman–Crippen MR) is 66.7 cm³/mol. The van der Waals surface area contributed by atoms with Gasteiger partial charge >= 0.3 is 0 Å². The molecule has 0 unspecified atom stereocenters. The lowest BCUT2D eigenvalue weighted by molar-refractivity contribution is 0.580. The Bertz CT molecular complexity index is 595. The van der Waals surface area contributed by atoms with E-state index in [1.54, 1.807) is 12.4 Å². The molecule has 0 spiro atoms. The molecule has 0 aromatic carbocycles. The molecular formula is C10H11ClN4O2S. The van der Waals surface area contributed by atoms with E-state index in [-0.39, 0.29) is 16.6 Å². The summed E-state index contributed by atoms with van der Waals surface area (Å²) >= 11 is 5.59. The molecule has 2 heterocycles. The van der Waals surface area contributed by atoms with Crippen LogP contribution >= 0.6 is 11.6 Å². The highest BCUT2D eigenvalue weighted by Gasteiger charge is 2.13. The first-order valence-electron chi connectivity index (χ1n) is 5.17. The van der Waals surface area contributed by atoms with Gasteiger partial charge in [0.05, 0.1) is 0 Å². The molecule has 0 aliphatic heterocycles. The van der Waals surface area contributed by atoms with Gasteiger partial charge in [0.15, 0.2) is 0 Å². The third-order valence-corrected chi connectivity index (χ3v) is 3.89. The standard InChI is InChI=1S/C10H11ClN4O2S/c11-9-2-1-8(7-14-9)18(16,17)15-4-3-10-12-5-6-13-10/h1-2,5-7,15H,3-4H2,(H,12,13). The van der Waals surface area contributed by atoms with Crippen molar-refractivity contribution in [3.05, 3.63) is 41.7 Å². The van der Waals surface area contributed by atoms with Gasteiger partial charge in [-0.25, -0.2) is 23.1 Å². The minimum absolute atomic E-state index is 0.0892. The van der Waals surface area contributed by atoms with Crippen molar-refractivity contribution in [3.8, 4) is 0 Å². The second-order valence-electron chi connectivity index (χ2n) is 3.50. The van der Waals surface area contributed by atoms with Gasteiger partial charge in [-0.3, -0.25) is 0 Å².